The molecule has 1 saturated heterocycles. The lowest BCUT2D eigenvalue weighted by Crippen LogP contribution is -2.38. The van der Waals surface area contributed by atoms with Gasteiger partial charge < -0.3 is 29.4 Å². The molecule has 2 atom stereocenters. The summed E-state index contributed by atoms with van der Waals surface area (Å²) in [7, 11) is 0. The lowest BCUT2D eigenvalue weighted by atomic mass is 10.1. The molecule has 3 rings (SSSR count). The molecule has 2 bridgehead atoms. The normalized spacial score (nSPS) is 25.4. The maximum atomic E-state index is 9.27. The van der Waals surface area contributed by atoms with Crippen LogP contribution in [-0.4, -0.2) is 114 Å². The van der Waals surface area contributed by atoms with Gasteiger partial charge in [0.15, 0.2) is 11.5 Å². The van der Waals surface area contributed by atoms with Gasteiger partial charge in [0.05, 0.1) is 26.4 Å². The zero-order chi connectivity index (χ0) is 20.9. The number of benzene rings is 1. The monoisotopic (exact) mass is 423 g/mol. The maximum absolute atomic E-state index is 9.27. The van der Waals surface area contributed by atoms with Gasteiger partial charge in [0.25, 0.3) is 0 Å². The molecular formula is C22H37N3O5. The third-order valence-electron chi connectivity index (χ3n) is 5.42. The molecule has 0 aromatic heterocycles. The molecule has 2 heterocycles. The summed E-state index contributed by atoms with van der Waals surface area (Å²) in [5, 5.41) is 12.7. The molecule has 0 saturated carbocycles. The van der Waals surface area contributed by atoms with Crippen molar-refractivity contribution in [1.29, 1.82) is 0 Å². The number of nitrogens with zero attached hydrogens (tertiary/aromatic N) is 2. The van der Waals surface area contributed by atoms with Crippen LogP contribution in [0.25, 0.3) is 0 Å². The molecule has 8 nitrogen and oxygen atoms in total. The van der Waals surface area contributed by atoms with E-state index in [1.165, 1.54) is 0 Å². The molecule has 2 aliphatic rings. The zero-order valence-electron chi connectivity index (χ0n) is 18.0. The summed E-state index contributed by atoms with van der Waals surface area (Å²) in [5.74, 6) is 1.51. The number of nitrogens with one attached hydrogen (secondary N) is 1. The summed E-state index contributed by atoms with van der Waals surface area (Å²) in [6.07, 6.45) is 0.609. The highest BCUT2D eigenvalue weighted by Gasteiger charge is 2.13. The van der Waals surface area contributed by atoms with E-state index in [1.807, 2.05) is 18.2 Å². The van der Waals surface area contributed by atoms with Crippen LogP contribution in [0.1, 0.15) is 5.56 Å². The van der Waals surface area contributed by atoms with Crippen molar-refractivity contribution in [2.24, 2.45) is 0 Å². The highest BCUT2D eigenvalue weighted by molar-refractivity contribution is 5.43. The van der Waals surface area contributed by atoms with Gasteiger partial charge in [0, 0.05) is 59.0 Å². The highest BCUT2D eigenvalue weighted by atomic mass is 16.5. The fourth-order valence-electron chi connectivity index (χ4n) is 3.60. The van der Waals surface area contributed by atoms with Crippen LogP contribution in [0.4, 0.5) is 0 Å². The molecule has 0 amide bonds. The fourth-order valence-corrected chi connectivity index (χ4v) is 3.60. The van der Waals surface area contributed by atoms with E-state index in [0.29, 0.717) is 32.8 Å². The van der Waals surface area contributed by atoms with Gasteiger partial charge in [-0.1, -0.05) is 6.07 Å². The van der Waals surface area contributed by atoms with Crippen molar-refractivity contribution in [1.82, 2.24) is 15.1 Å². The van der Waals surface area contributed by atoms with Gasteiger partial charge in [-0.05, 0) is 24.1 Å². The fraction of sp³-hybridized carbons (Fsp3) is 0.727. The molecule has 8 heteroatoms. The van der Waals surface area contributed by atoms with E-state index in [2.05, 4.69) is 15.1 Å². The number of aliphatic hydroxyl groups excluding tert-OH is 1. The Labute approximate surface area is 180 Å². The first-order chi connectivity index (χ1) is 14.8. The number of fused-ring (bicyclic) bond motifs is 7. The minimum atomic E-state index is 0.121. The van der Waals surface area contributed by atoms with Crippen LogP contribution < -0.4 is 14.8 Å². The van der Waals surface area contributed by atoms with Gasteiger partial charge in [-0.25, -0.2) is 0 Å². The Hall–Kier alpha value is -1.42. The summed E-state index contributed by atoms with van der Waals surface area (Å²) >= 11 is 0. The molecule has 1 aromatic carbocycles. The van der Waals surface area contributed by atoms with Crippen LogP contribution in [0.3, 0.4) is 0 Å². The second-order valence-corrected chi connectivity index (χ2v) is 7.61. The van der Waals surface area contributed by atoms with Gasteiger partial charge in [-0.3, -0.25) is 9.80 Å². The molecular weight excluding hydrogens is 386 g/mol. The Morgan fingerprint density at radius 1 is 0.733 bits per heavy atom. The maximum Gasteiger partial charge on any atom is 0.161 e. The van der Waals surface area contributed by atoms with Crippen molar-refractivity contribution in [3.8, 4) is 11.5 Å². The molecule has 30 heavy (non-hydrogen) atoms. The van der Waals surface area contributed by atoms with Crippen LogP contribution in [0.5, 0.6) is 11.5 Å². The topological polar surface area (TPSA) is 75.7 Å². The van der Waals surface area contributed by atoms with Gasteiger partial charge in [-0.15, -0.1) is 0 Å². The van der Waals surface area contributed by atoms with Crippen molar-refractivity contribution in [2.45, 2.75) is 6.42 Å². The van der Waals surface area contributed by atoms with E-state index >= 15 is 0 Å². The summed E-state index contributed by atoms with van der Waals surface area (Å²) in [4.78, 5) is 4.69. The zero-order valence-corrected chi connectivity index (χ0v) is 18.0. The average molecular weight is 424 g/mol. The van der Waals surface area contributed by atoms with Gasteiger partial charge in [-0.2, -0.15) is 0 Å². The molecule has 170 valence electrons. The summed E-state index contributed by atoms with van der Waals surface area (Å²) in [5.41, 5.74) is 1.05. The first-order valence-corrected chi connectivity index (χ1v) is 11.2. The van der Waals surface area contributed by atoms with Crippen molar-refractivity contribution in [2.75, 3.05) is 98.6 Å². The first-order valence-electron chi connectivity index (χ1n) is 11.2. The van der Waals surface area contributed by atoms with Gasteiger partial charge >= 0.3 is 0 Å². The average Bonchev–Trinajstić information content (AvgIpc) is 2.76. The van der Waals surface area contributed by atoms with Crippen molar-refractivity contribution >= 4 is 0 Å². The van der Waals surface area contributed by atoms with Gasteiger partial charge in [0.2, 0.25) is 0 Å². The highest BCUT2D eigenvalue weighted by Crippen LogP contribution is 2.28. The van der Waals surface area contributed by atoms with E-state index in [-0.39, 0.29) is 6.61 Å². The summed E-state index contributed by atoms with van der Waals surface area (Å²) in [6, 6.07) is 5.94. The Bertz CT molecular complexity index is 604. The number of rotatable bonds is 2. The van der Waals surface area contributed by atoms with Crippen molar-refractivity contribution in [3.05, 3.63) is 23.8 Å². The quantitative estimate of drug-likeness (QED) is 0.655. The predicted molar refractivity (Wildman–Crippen MR) is 116 cm³/mol. The SMILES string of the molecule is OCCc1ccc2c(c1)OCCN1CCOCCNCCN(CCOCC1)CCO2. The van der Waals surface area contributed by atoms with Gasteiger partial charge in [0.1, 0.15) is 13.2 Å². The van der Waals surface area contributed by atoms with Crippen LogP contribution >= 0.6 is 0 Å². The minimum absolute atomic E-state index is 0.121. The Balaban J connectivity index is 1.73. The molecule has 0 spiro atoms. The van der Waals surface area contributed by atoms with Crippen LogP contribution in [0.2, 0.25) is 0 Å². The molecule has 1 aromatic rings. The van der Waals surface area contributed by atoms with Crippen molar-refractivity contribution in [3.63, 3.8) is 0 Å². The number of hydrogen-bond donors (Lipinski definition) is 2. The lowest BCUT2D eigenvalue weighted by molar-refractivity contribution is 0.0638. The molecule has 0 radical (unpaired) electrons. The van der Waals surface area contributed by atoms with E-state index < -0.39 is 0 Å². The number of ether oxygens (including phenoxy) is 4. The van der Waals surface area contributed by atoms with E-state index in [1.54, 1.807) is 0 Å². The second-order valence-electron chi connectivity index (χ2n) is 7.61. The van der Waals surface area contributed by atoms with Crippen molar-refractivity contribution < 1.29 is 24.1 Å². The van der Waals surface area contributed by atoms with Crippen LogP contribution in [0.15, 0.2) is 18.2 Å². The predicted octanol–water partition coefficient (Wildman–Crippen LogP) is 0.233. The van der Waals surface area contributed by atoms with Crippen LogP contribution in [-0.2, 0) is 15.9 Å². The Morgan fingerprint density at radius 2 is 1.37 bits per heavy atom. The lowest BCUT2D eigenvalue weighted by Gasteiger charge is -2.23. The molecule has 2 unspecified atom stereocenters. The van der Waals surface area contributed by atoms with E-state index in [0.717, 1.165) is 82.6 Å². The van der Waals surface area contributed by atoms with E-state index in [9.17, 15) is 5.11 Å². The first kappa shape index (κ1) is 23.2. The second kappa shape index (κ2) is 13.8. The van der Waals surface area contributed by atoms with E-state index in [4.69, 9.17) is 18.9 Å². The molecule has 2 aliphatic heterocycles. The summed E-state index contributed by atoms with van der Waals surface area (Å²) < 4.78 is 23.9. The largest absolute Gasteiger partial charge is 0.488 e. The van der Waals surface area contributed by atoms with Crippen LogP contribution in [0, 0.1) is 0 Å². The summed E-state index contributed by atoms with van der Waals surface area (Å²) in [6.45, 7) is 11.1. The smallest absolute Gasteiger partial charge is 0.161 e. The Kier molecular flexibility index (Phi) is 10.7. The Morgan fingerprint density at radius 3 is 2.10 bits per heavy atom. The standard InChI is InChI=1S/C22H37N3O5/c26-12-3-20-1-2-21-22(19-20)30-18-11-25-8-14-27-13-5-23-4-6-24(10-17-29-21)7-15-28-16-9-25/h1-2,19,23,26H,3-18H2. The third kappa shape index (κ3) is 8.37. The molecule has 0 aliphatic carbocycles. The molecule has 1 fully saturated rings. The number of hydrogen-bond acceptors (Lipinski definition) is 8. The minimum Gasteiger partial charge on any atom is -0.488 e. The molecule has 2 N–H and O–H groups in total. The third-order valence-corrected chi connectivity index (χ3v) is 5.42. The number of aliphatic hydroxyl groups is 1.